The summed E-state index contributed by atoms with van der Waals surface area (Å²) in [6.45, 7) is 6.29. The zero-order valence-corrected chi connectivity index (χ0v) is 14.8. The van der Waals surface area contributed by atoms with Gasteiger partial charge in [-0.2, -0.15) is 18.2 Å². The highest BCUT2D eigenvalue weighted by Crippen LogP contribution is 2.37. The van der Waals surface area contributed by atoms with Gasteiger partial charge in [-0.3, -0.25) is 4.79 Å². The Balaban J connectivity index is 0.000000351. The Hall–Kier alpha value is -1.25. The Morgan fingerprint density at radius 1 is 1.29 bits per heavy atom. The van der Waals surface area contributed by atoms with Gasteiger partial charge in [-0.25, -0.2) is 4.79 Å². The van der Waals surface area contributed by atoms with Gasteiger partial charge in [0.25, 0.3) is 5.91 Å². The van der Waals surface area contributed by atoms with Gasteiger partial charge < -0.3 is 10.4 Å². The second-order valence-corrected chi connectivity index (χ2v) is 7.95. The van der Waals surface area contributed by atoms with Gasteiger partial charge in [0, 0.05) is 5.54 Å². The SMILES string of the molecule is CCC1(C)SC(NC2(C)CCCCC2)=NC1=O.O=C(O)C(F)(F)F. The molecule has 2 rings (SSSR count). The number of amidine groups is 1. The van der Waals surface area contributed by atoms with Gasteiger partial charge in [-0.1, -0.05) is 37.9 Å². The van der Waals surface area contributed by atoms with Gasteiger partial charge in [0.2, 0.25) is 0 Å². The van der Waals surface area contributed by atoms with E-state index < -0.39 is 12.1 Å². The second kappa shape index (κ2) is 7.76. The molecule has 24 heavy (non-hydrogen) atoms. The van der Waals surface area contributed by atoms with Crippen LogP contribution in [-0.4, -0.2) is 38.6 Å². The molecular formula is C15H23F3N2O3S. The van der Waals surface area contributed by atoms with Crippen molar-refractivity contribution in [3.63, 3.8) is 0 Å². The van der Waals surface area contributed by atoms with Crippen LogP contribution in [0.4, 0.5) is 13.2 Å². The van der Waals surface area contributed by atoms with E-state index in [2.05, 4.69) is 17.2 Å². The molecule has 1 aliphatic heterocycles. The number of nitrogens with one attached hydrogen (secondary N) is 1. The van der Waals surface area contributed by atoms with E-state index in [1.165, 1.54) is 32.1 Å². The zero-order valence-electron chi connectivity index (χ0n) is 14.0. The van der Waals surface area contributed by atoms with Crippen LogP contribution >= 0.6 is 11.8 Å². The Kier molecular flexibility index (Phi) is 6.72. The highest BCUT2D eigenvalue weighted by molar-refractivity contribution is 8.16. The van der Waals surface area contributed by atoms with Crippen molar-refractivity contribution in [2.75, 3.05) is 0 Å². The molecule has 0 saturated heterocycles. The molecule has 9 heteroatoms. The minimum Gasteiger partial charge on any atom is -0.475 e. The van der Waals surface area contributed by atoms with Crippen LogP contribution < -0.4 is 5.32 Å². The fourth-order valence-electron chi connectivity index (χ4n) is 2.48. The molecule has 2 aliphatic rings. The number of carbonyl (C=O) groups excluding carboxylic acids is 1. The number of aliphatic carboxylic acids is 1. The Labute approximate surface area is 143 Å². The number of amides is 1. The third kappa shape index (κ3) is 5.68. The van der Waals surface area contributed by atoms with E-state index in [-0.39, 0.29) is 16.2 Å². The first-order chi connectivity index (χ1) is 10.9. The molecule has 1 aliphatic carbocycles. The number of aliphatic imine (C=N–C) groups is 1. The summed E-state index contributed by atoms with van der Waals surface area (Å²) in [6.07, 6.45) is 2.01. The van der Waals surface area contributed by atoms with Gasteiger partial charge in [0.15, 0.2) is 5.17 Å². The lowest BCUT2D eigenvalue weighted by atomic mass is 9.83. The summed E-state index contributed by atoms with van der Waals surface area (Å²) in [4.78, 5) is 24.9. The van der Waals surface area contributed by atoms with Crippen molar-refractivity contribution in [2.45, 2.75) is 75.8 Å². The second-order valence-electron chi connectivity index (χ2n) is 6.46. The maximum absolute atomic E-state index is 11.8. The number of carboxylic acid groups (broad SMARTS) is 1. The lowest BCUT2D eigenvalue weighted by Crippen LogP contribution is -2.46. The molecule has 0 radical (unpaired) electrons. The Morgan fingerprint density at radius 2 is 1.79 bits per heavy atom. The molecule has 0 aromatic rings. The molecule has 1 amide bonds. The molecule has 1 fully saturated rings. The molecule has 5 nitrogen and oxygen atoms in total. The average molecular weight is 368 g/mol. The van der Waals surface area contributed by atoms with Crippen molar-refractivity contribution in [1.29, 1.82) is 0 Å². The molecule has 138 valence electrons. The van der Waals surface area contributed by atoms with E-state index in [0.29, 0.717) is 0 Å². The topological polar surface area (TPSA) is 78.8 Å². The number of nitrogens with zero attached hydrogens (tertiary/aromatic N) is 1. The van der Waals surface area contributed by atoms with Crippen molar-refractivity contribution in [3.05, 3.63) is 0 Å². The van der Waals surface area contributed by atoms with Gasteiger partial charge in [-0.05, 0) is 33.1 Å². The summed E-state index contributed by atoms with van der Waals surface area (Å²) in [7, 11) is 0. The van der Waals surface area contributed by atoms with Crippen molar-refractivity contribution < 1.29 is 27.9 Å². The first-order valence-electron chi connectivity index (χ1n) is 7.82. The van der Waals surface area contributed by atoms with Gasteiger partial charge >= 0.3 is 12.1 Å². The van der Waals surface area contributed by atoms with Crippen LogP contribution in [0, 0.1) is 0 Å². The van der Waals surface area contributed by atoms with E-state index in [0.717, 1.165) is 11.6 Å². The molecule has 1 atom stereocenters. The molecule has 0 aromatic carbocycles. The smallest absolute Gasteiger partial charge is 0.475 e. The molecule has 0 spiro atoms. The summed E-state index contributed by atoms with van der Waals surface area (Å²) in [6, 6.07) is 0. The highest BCUT2D eigenvalue weighted by Gasteiger charge is 2.41. The third-order valence-electron chi connectivity index (χ3n) is 4.26. The Bertz CT molecular complexity index is 517. The minimum atomic E-state index is -5.08. The highest BCUT2D eigenvalue weighted by atomic mass is 32.2. The number of carboxylic acids is 1. The monoisotopic (exact) mass is 368 g/mol. The van der Waals surface area contributed by atoms with E-state index >= 15 is 0 Å². The van der Waals surface area contributed by atoms with Crippen LogP contribution in [0.25, 0.3) is 0 Å². The minimum absolute atomic E-state index is 0.0203. The van der Waals surface area contributed by atoms with Crippen molar-refractivity contribution in [3.8, 4) is 0 Å². The molecule has 2 N–H and O–H groups in total. The average Bonchev–Trinajstić information content (AvgIpc) is 2.73. The maximum Gasteiger partial charge on any atom is 0.490 e. The number of alkyl halides is 3. The van der Waals surface area contributed by atoms with E-state index in [1.54, 1.807) is 11.8 Å². The quantitative estimate of drug-likeness (QED) is 0.776. The summed E-state index contributed by atoms with van der Waals surface area (Å²) >= 11 is 1.60. The summed E-state index contributed by atoms with van der Waals surface area (Å²) in [5.74, 6) is -2.74. The van der Waals surface area contributed by atoms with Crippen molar-refractivity contribution in [1.82, 2.24) is 5.32 Å². The summed E-state index contributed by atoms with van der Waals surface area (Å²) in [5.41, 5.74) is 0.142. The normalized spacial score (nSPS) is 26.2. The standard InChI is InChI=1S/C13H22N2OS.C2HF3O2/c1-4-13(3)10(16)14-11(17-13)15-12(2)8-6-5-7-9-12;3-2(4,5)1(6)7/h4-9H2,1-3H3,(H,14,15,16);(H,6,7). The number of thioether (sulfide) groups is 1. The molecule has 1 saturated carbocycles. The van der Waals surface area contributed by atoms with Crippen LogP contribution in [0.3, 0.4) is 0 Å². The lowest BCUT2D eigenvalue weighted by molar-refractivity contribution is -0.192. The van der Waals surface area contributed by atoms with Crippen molar-refractivity contribution >= 4 is 28.8 Å². The lowest BCUT2D eigenvalue weighted by Gasteiger charge is -2.35. The number of hydrogen-bond donors (Lipinski definition) is 2. The number of carbonyl (C=O) groups is 2. The first kappa shape index (κ1) is 20.8. The third-order valence-corrected chi connectivity index (χ3v) is 5.56. The maximum atomic E-state index is 11.8. The zero-order chi connectivity index (χ0) is 18.6. The number of rotatable bonds is 2. The first-order valence-corrected chi connectivity index (χ1v) is 8.64. The van der Waals surface area contributed by atoms with Gasteiger partial charge in [0.05, 0.1) is 0 Å². The van der Waals surface area contributed by atoms with Crippen LogP contribution in [-0.2, 0) is 9.59 Å². The fraction of sp³-hybridized carbons (Fsp3) is 0.800. The van der Waals surface area contributed by atoms with Crippen LogP contribution in [0.2, 0.25) is 0 Å². The van der Waals surface area contributed by atoms with E-state index in [4.69, 9.17) is 9.90 Å². The predicted octanol–water partition coefficient (Wildman–Crippen LogP) is 3.73. The van der Waals surface area contributed by atoms with Gasteiger partial charge in [0.1, 0.15) is 4.75 Å². The number of halogens is 3. The largest absolute Gasteiger partial charge is 0.490 e. The van der Waals surface area contributed by atoms with E-state index in [1.807, 2.05) is 13.8 Å². The predicted molar refractivity (Wildman–Crippen MR) is 87.0 cm³/mol. The molecule has 0 aromatic heterocycles. The molecule has 1 unspecified atom stereocenters. The van der Waals surface area contributed by atoms with Crippen LogP contribution in [0.1, 0.15) is 59.3 Å². The Morgan fingerprint density at radius 3 is 2.17 bits per heavy atom. The van der Waals surface area contributed by atoms with E-state index in [9.17, 15) is 18.0 Å². The molecule has 1 heterocycles. The molecule has 0 bridgehead atoms. The summed E-state index contributed by atoms with van der Waals surface area (Å²) in [5, 5.41) is 11.5. The number of hydrogen-bond acceptors (Lipinski definition) is 4. The summed E-state index contributed by atoms with van der Waals surface area (Å²) < 4.78 is 31.4. The van der Waals surface area contributed by atoms with Crippen molar-refractivity contribution in [2.24, 2.45) is 4.99 Å². The van der Waals surface area contributed by atoms with Crippen LogP contribution in [0.15, 0.2) is 4.99 Å². The van der Waals surface area contributed by atoms with Gasteiger partial charge in [-0.15, -0.1) is 0 Å². The van der Waals surface area contributed by atoms with Crippen LogP contribution in [0.5, 0.6) is 0 Å². The molecular weight excluding hydrogens is 345 g/mol. The fourth-order valence-corrected chi connectivity index (χ4v) is 3.61.